The van der Waals surface area contributed by atoms with Crippen LogP contribution in [0.1, 0.15) is 38.5 Å². The second kappa shape index (κ2) is 4.96. The predicted molar refractivity (Wildman–Crippen MR) is 57.6 cm³/mol. The van der Waals surface area contributed by atoms with Crippen LogP contribution in [0.25, 0.3) is 0 Å². The molecule has 0 bridgehead atoms. The van der Waals surface area contributed by atoms with E-state index in [0.29, 0.717) is 0 Å². The highest BCUT2D eigenvalue weighted by molar-refractivity contribution is 5.83. The molecular formula is C12H18F3NO. The van der Waals surface area contributed by atoms with Gasteiger partial charge in [0, 0.05) is 12.0 Å². The van der Waals surface area contributed by atoms with Gasteiger partial charge >= 0.3 is 6.18 Å². The molecule has 0 aromatic carbocycles. The number of rotatable bonds is 5. The third-order valence-electron chi connectivity index (χ3n) is 3.62. The van der Waals surface area contributed by atoms with E-state index in [1.54, 1.807) is 0 Å². The van der Waals surface area contributed by atoms with Gasteiger partial charge in [0.2, 0.25) is 0 Å². The minimum absolute atomic E-state index is 0.00512. The molecule has 2 saturated carbocycles. The summed E-state index contributed by atoms with van der Waals surface area (Å²) in [5.41, 5.74) is 0. The topological polar surface area (TPSA) is 20.3 Å². The summed E-state index contributed by atoms with van der Waals surface area (Å²) in [5.74, 6) is 0.0307. The first-order valence-electron chi connectivity index (χ1n) is 6.29. The summed E-state index contributed by atoms with van der Waals surface area (Å²) < 4.78 is 37.1. The number of halogens is 3. The molecule has 2 rings (SSSR count). The van der Waals surface area contributed by atoms with Crippen LogP contribution < -0.4 is 0 Å². The van der Waals surface area contributed by atoms with E-state index >= 15 is 0 Å². The van der Waals surface area contributed by atoms with Gasteiger partial charge in [0.25, 0.3) is 0 Å². The average molecular weight is 249 g/mol. The Bertz CT molecular complexity index is 280. The lowest BCUT2D eigenvalue weighted by molar-refractivity contribution is -0.150. The molecule has 0 amide bonds. The van der Waals surface area contributed by atoms with Gasteiger partial charge in [-0.05, 0) is 25.7 Å². The summed E-state index contributed by atoms with van der Waals surface area (Å²) in [7, 11) is 0. The number of carbonyl (C=O) groups excluding carboxylic acids is 1. The second-order valence-electron chi connectivity index (χ2n) is 5.20. The van der Waals surface area contributed by atoms with Crippen molar-refractivity contribution in [2.75, 3.05) is 13.1 Å². The molecule has 2 aliphatic rings. The van der Waals surface area contributed by atoms with Crippen molar-refractivity contribution in [3.8, 4) is 0 Å². The highest BCUT2D eigenvalue weighted by Gasteiger charge is 2.39. The zero-order chi connectivity index (χ0) is 12.5. The number of nitrogens with zero attached hydrogens (tertiary/aromatic N) is 1. The molecule has 0 aliphatic heterocycles. The molecular weight excluding hydrogens is 231 g/mol. The average Bonchev–Trinajstić information content (AvgIpc) is 2.90. The van der Waals surface area contributed by atoms with E-state index in [1.165, 1.54) is 4.90 Å². The lowest BCUT2D eigenvalue weighted by Crippen LogP contribution is -2.40. The maximum Gasteiger partial charge on any atom is 0.401 e. The van der Waals surface area contributed by atoms with Crippen LogP contribution in [0, 0.1) is 5.92 Å². The molecule has 98 valence electrons. The van der Waals surface area contributed by atoms with E-state index in [2.05, 4.69) is 0 Å². The van der Waals surface area contributed by atoms with Crippen LogP contribution in [-0.2, 0) is 4.79 Å². The van der Waals surface area contributed by atoms with E-state index in [-0.39, 0.29) is 24.3 Å². The normalized spacial score (nSPS) is 22.4. The van der Waals surface area contributed by atoms with Gasteiger partial charge < -0.3 is 0 Å². The van der Waals surface area contributed by atoms with Crippen molar-refractivity contribution < 1.29 is 18.0 Å². The van der Waals surface area contributed by atoms with Crippen LogP contribution in [0.5, 0.6) is 0 Å². The van der Waals surface area contributed by atoms with E-state index in [1.807, 2.05) is 0 Å². The first-order valence-corrected chi connectivity index (χ1v) is 6.29. The van der Waals surface area contributed by atoms with Gasteiger partial charge in [0.05, 0.1) is 13.1 Å². The number of carbonyl (C=O) groups is 1. The lowest BCUT2D eigenvalue weighted by atomic mass is 10.0. The van der Waals surface area contributed by atoms with Crippen molar-refractivity contribution in [1.82, 2.24) is 4.90 Å². The molecule has 2 nitrogen and oxygen atoms in total. The molecule has 0 N–H and O–H groups in total. The molecule has 0 saturated heterocycles. The Morgan fingerprint density at radius 3 is 2.18 bits per heavy atom. The van der Waals surface area contributed by atoms with E-state index in [0.717, 1.165) is 38.5 Å². The number of hydrogen-bond acceptors (Lipinski definition) is 2. The van der Waals surface area contributed by atoms with Gasteiger partial charge in [0.15, 0.2) is 0 Å². The summed E-state index contributed by atoms with van der Waals surface area (Å²) in [5, 5.41) is 0. The van der Waals surface area contributed by atoms with Crippen molar-refractivity contribution in [2.24, 2.45) is 5.92 Å². The fourth-order valence-electron chi connectivity index (χ4n) is 2.56. The molecule has 2 aliphatic carbocycles. The number of Topliss-reactive ketones (excluding diaryl/α,β-unsaturated/α-hetero) is 1. The molecule has 5 heteroatoms. The van der Waals surface area contributed by atoms with E-state index < -0.39 is 12.7 Å². The van der Waals surface area contributed by atoms with Crippen molar-refractivity contribution in [3.05, 3.63) is 0 Å². The highest BCUT2D eigenvalue weighted by atomic mass is 19.4. The van der Waals surface area contributed by atoms with Crippen LogP contribution >= 0.6 is 0 Å². The van der Waals surface area contributed by atoms with Crippen molar-refractivity contribution >= 4 is 5.78 Å². The molecule has 0 unspecified atom stereocenters. The van der Waals surface area contributed by atoms with Crippen molar-refractivity contribution in [1.29, 1.82) is 0 Å². The van der Waals surface area contributed by atoms with Gasteiger partial charge in [0.1, 0.15) is 5.78 Å². The third-order valence-corrected chi connectivity index (χ3v) is 3.62. The van der Waals surface area contributed by atoms with E-state index in [9.17, 15) is 18.0 Å². The fourth-order valence-corrected chi connectivity index (χ4v) is 2.56. The van der Waals surface area contributed by atoms with Gasteiger partial charge in [-0.15, -0.1) is 0 Å². The van der Waals surface area contributed by atoms with Crippen molar-refractivity contribution in [2.45, 2.75) is 50.7 Å². The maximum absolute atomic E-state index is 12.4. The van der Waals surface area contributed by atoms with Gasteiger partial charge in [-0.25, -0.2) is 0 Å². The number of ketones is 1. The number of hydrogen-bond donors (Lipinski definition) is 0. The second-order valence-corrected chi connectivity index (χ2v) is 5.20. The molecule has 2 fully saturated rings. The number of alkyl halides is 3. The standard InChI is InChI=1S/C12H18F3NO/c13-12(14,15)8-16(10-5-6-10)7-11(17)9-3-1-2-4-9/h9-10H,1-8H2. The van der Waals surface area contributed by atoms with Gasteiger partial charge in [-0.1, -0.05) is 12.8 Å². The Morgan fingerprint density at radius 2 is 1.71 bits per heavy atom. The molecule has 0 aromatic heterocycles. The zero-order valence-corrected chi connectivity index (χ0v) is 9.80. The smallest absolute Gasteiger partial charge is 0.298 e. The SMILES string of the molecule is O=C(CN(CC(F)(F)F)C1CC1)C1CCCC1. The minimum Gasteiger partial charge on any atom is -0.298 e. The summed E-state index contributed by atoms with van der Waals surface area (Å²) in [4.78, 5) is 13.2. The largest absolute Gasteiger partial charge is 0.401 e. The molecule has 0 radical (unpaired) electrons. The molecule has 0 aromatic rings. The molecule has 17 heavy (non-hydrogen) atoms. The molecule has 0 spiro atoms. The summed E-state index contributed by atoms with van der Waals surface area (Å²) in [6.07, 6.45) is 1.21. The predicted octanol–water partition coefficient (Wildman–Crippen LogP) is 2.77. The first kappa shape index (κ1) is 12.9. The fraction of sp³-hybridized carbons (Fsp3) is 0.917. The Labute approximate surface area is 99.2 Å². The quantitative estimate of drug-likeness (QED) is 0.746. The Balaban J connectivity index is 1.86. The Morgan fingerprint density at radius 1 is 1.12 bits per heavy atom. The molecule has 0 atom stereocenters. The van der Waals surface area contributed by atoms with Crippen LogP contribution in [-0.4, -0.2) is 36.0 Å². The monoisotopic (exact) mass is 249 g/mol. The van der Waals surface area contributed by atoms with Crippen molar-refractivity contribution in [3.63, 3.8) is 0 Å². The van der Waals surface area contributed by atoms with Crippen LogP contribution in [0.3, 0.4) is 0 Å². The lowest BCUT2D eigenvalue weighted by Gasteiger charge is -2.23. The minimum atomic E-state index is -4.20. The van der Waals surface area contributed by atoms with Gasteiger partial charge in [-0.2, -0.15) is 13.2 Å². The highest BCUT2D eigenvalue weighted by Crippen LogP contribution is 2.31. The van der Waals surface area contributed by atoms with Gasteiger partial charge in [-0.3, -0.25) is 9.69 Å². The molecule has 0 heterocycles. The Kier molecular flexibility index (Phi) is 3.76. The van der Waals surface area contributed by atoms with Crippen LogP contribution in [0.15, 0.2) is 0 Å². The maximum atomic E-state index is 12.4. The first-order chi connectivity index (χ1) is 7.96. The van der Waals surface area contributed by atoms with Crippen LogP contribution in [0.4, 0.5) is 13.2 Å². The zero-order valence-electron chi connectivity index (χ0n) is 9.80. The summed E-state index contributed by atoms with van der Waals surface area (Å²) in [6.45, 7) is -0.940. The summed E-state index contributed by atoms with van der Waals surface area (Å²) >= 11 is 0. The Hall–Kier alpha value is -0.580. The van der Waals surface area contributed by atoms with E-state index in [4.69, 9.17) is 0 Å². The summed E-state index contributed by atoms with van der Waals surface area (Å²) in [6, 6.07) is -0.0121. The van der Waals surface area contributed by atoms with Crippen LogP contribution in [0.2, 0.25) is 0 Å². The third kappa shape index (κ3) is 3.98.